The molecule has 1 atom stereocenters. The molecule has 1 N–H and O–H groups in total. The third-order valence-corrected chi connectivity index (χ3v) is 4.87. The maximum absolute atomic E-state index is 14.7. The van der Waals surface area contributed by atoms with E-state index in [9.17, 15) is 9.50 Å². The van der Waals surface area contributed by atoms with Gasteiger partial charge < -0.3 is 10.0 Å². The molecule has 4 rings (SSSR count). The highest BCUT2D eigenvalue weighted by Gasteiger charge is 2.29. The largest absolute Gasteiger partial charge is 0.374 e. The van der Waals surface area contributed by atoms with Crippen molar-refractivity contribution in [1.29, 1.82) is 0 Å². The van der Waals surface area contributed by atoms with Gasteiger partial charge in [-0.2, -0.15) is 0 Å². The summed E-state index contributed by atoms with van der Waals surface area (Å²) in [5.74, 6) is 0.562. The van der Waals surface area contributed by atoms with Gasteiger partial charge in [-0.3, -0.25) is 9.88 Å². The smallest absolute Gasteiger partial charge is 0.136 e. The third kappa shape index (κ3) is 3.41. The summed E-state index contributed by atoms with van der Waals surface area (Å²) in [5, 5.41) is 10.4. The molecule has 3 heterocycles. The van der Waals surface area contributed by atoms with Gasteiger partial charge in [0.15, 0.2) is 0 Å². The number of rotatable bonds is 4. The zero-order chi connectivity index (χ0) is 19.0. The van der Waals surface area contributed by atoms with Crippen molar-refractivity contribution < 1.29 is 9.50 Å². The van der Waals surface area contributed by atoms with Gasteiger partial charge in [0.05, 0.1) is 5.69 Å². The first kappa shape index (κ1) is 17.6. The van der Waals surface area contributed by atoms with Crippen molar-refractivity contribution in [2.75, 3.05) is 19.0 Å². The van der Waals surface area contributed by atoms with E-state index in [-0.39, 0.29) is 5.82 Å². The Kier molecular flexibility index (Phi) is 4.59. The van der Waals surface area contributed by atoms with Crippen LogP contribution in [-0.4, -0.2) is 34.1 Å². The quantitative estimate of drug-likeness (QED) is 0.769. The van der Waals surface area contributed by atoms with Crippen LogP contribution in [0.2, 0.25) is 0 Å². The predicted molar refractivity (Wildman–Crippen MR) is 102 cm³/mol. The van der Waals surface area contributed by atoms with Crippen LogP contribution in [0.4, 0.5) is 10.2 Å². The number of halogens is 1. The number of nitrogens with zero attached hydrogens (tertiary/aromatic N) is 4. The van der Waals surface area contributed by atoms with Gasteiger partial charge in [-0.15, -0.1) is 0 Å². The molecule has 6 heteroatoms. The molecular formula is C21H21FN4O. The van der Waals surface area contributed by atoms with Crippen molar-refractivity contribution >= 4 is 5.82 Å². The van der Waals surface area contributed by atoms with Crippen LogP contribution in [-0.2, 0) is 13.1 Å². The molecule has 0 bridgehead atoms. The highest BCUT2D eigenvalue weighted by molar-refractivity contribution is 5.64. The summed E-state index contributed by atoms with van der Waals surface area (Å²) in [5.41, 5.74) is 3.82. The van der Waals surface area contributed by atoms with Crippen molar-refractivity contribution in [3.05, 3.63) is 77.5 Å². The van der Waals surface area contributed by atoms with Gasteiger partial charge in [0.1, 0.15) is 17.9 Å². The van der Waals surface area contributed by atoms with E-state index < -0.39 is 6.23 Å². The Hall–Kier alpha value is -2.83. The summed E-state index contributed by atoms with van der Waals surface area (Å²) >= 11 is 0. The van der Waals surface area contributed by atoms with Gasteiger partial charge >= 0.3 is 0 Å². The Bertz CT molecular complexity index is 959. The minimum Gasteiger partial charge on any atom is -0.374 e. The minimum atomic E-state index is -0.754. The zero-order valence-electron chi connectivity index (χ0n) is 15.3. The maximum Gasteiger partial charge on any atom is 0.136 e. The number of benzene rings is 1. The molecule has 1 unspecified atom stereocenters. The summed E-state index contributed by atoms with van der Waals surface area (Å²) < 4.78 is 14.7. The van der Waals surface area contributed by atoms with Crippen LogP contribution in [0, 0.1) is 5.82 Å². The Labute approximate surface area is 157 Å². The average molecular weight is 364 g/mol. The molecule has 5 nitrogen and oxygen atoms in total. The summed E-state index contributed by atoms with van der Waals surface area (Å²) in [7, 11) is 3.86. The van der Waals surface area contributed by atoms with Gasteiger partial charge in [0, 0.05) is 56.3 Å². The fourth-order valence-electron chi connectivity index (χ4n) is 3.33. The summed E-state index contributed by atoms with van der Waals surface area (Å²) in [6.07, 6.45) is 2.70. The van der Waals surface area contributed by atoms with E-state index in [4.69, 9.17) is 0 Å². The minimum absolute atomic E-state index is 0.291. The first-order valence-electron chi connectivity index (χ1n) is 8.81. The molecule has 27 heavy (non-hydrogen) atoms. The molecule has 0 amide bonds. The van der Waals surface area contributed by atoms with Crippen molar-refractivity contribution in [3.63, 3.8) is 0 Å². The monoisotopic (exact) mass is 364 g/mol. The van der Waals surface area contributed by atoms with Crippen LogP contribution in [0.1, 0.15) is 23.0 Å². The second-order valence-corrected chi connectivity index (χ2v) is 6.92. The number of hydrogen-bond donors (Lipinski definition) is 1. The third-order valence-electron chi connectivity index (χ3n) is 4.87. The highest BCUT2D eigenvalue weighted by atomic mass is 19.1. The Morgan fingerprint density at radius 3 is 2.63 bits per heavy atom. The van der Waals surface area contributed by atoms with Crippen LogP contribution in [0.25, 0.3) is 11.1 Å². The number of anilines is 1. The van der Waals surface area contributed by atoms with Crippen molar-refractivity contribution in [1.82, 2.24) is 14.9 Å². The fourth-order valence-corrected chi connectivity index (χ4v) is 3.33. The fraction of sp³-hybridized carbons (Fsp3) is 0.238. The molecule has 2 aromatic heterocycles. The van der Waals surface area contributed by atoms with Gasteiger partial charge in [0.2, 0.25) is 0 Å². The van der Waals surface area contributed by atoms with E-state index in [0.717, 1.165) is 28.2 Å². The van der Waals surface area contributed by atoms with Crippen LogP contribution < -0.4 is 4.90 Å². The van der Waals surface area contributed by atoms with E-state index in [1.807, 2.05) is 48.2 Å². The number of hydrogen-bond acceptors (Lipinski definition) is 5. The number of pyridine rings is 2. The lowest BCUT2D eigenvalue weighted by molar-refractivity contribution is 0.00695. The average Bonchev–Trinajstić information content (AvgIpc) is 2.99. The van der Waals surface area contributed by atoms with Gasteiger partial charge in [-0.25, -0.2) is 9.37 Å². The molecule has 1 aromatic carbocycles. The molecule has 0 saturated heterocycles. The van der Waals surface area contributed by atoms with Gasteiger partial charge in [0.25, 0.3) is 0 Å². The predicted octanol–water partition coefficient (Wildman–Crippen LogP) is 3.36. The van der Waals surface area contributed by atoms with Crippen molar-refractivity contribution in [2.24, 2.45) is 0 Å². The van der Waals surface area contributed by atoms with Crippen molar-refractivity contribution in [3.8, 4) is 11.1 Å². The highest BCUT2D eigenvalue weighted by Crippen LogP contribution is 2.32. The van der Waals surface area contributed by atoms with E-state index in [2.05, 4.69) is 9.97 Å². The number of aromatic nitrogens is 2. The number of aliphatic hydroxyl groups is 1. The summed E-state index contributed by atoms with van der Waals surface area (Å²) in [6, 6.07) is 12.7. The molecule has 138 valence electrons. The van der Waals surface area contributed by atoms with Crippen molar-refractivity contribution in [2.45, 2.75) is 19.3 Å². The molecule has 0 spiro atoms. The molecule has 1 aliphatic rings. The summed E-state index contributed by atoms with van der Waals surface area (Å²) in [6.45, 7) is 0.829. The van der Waals surface area contributed by atoms with Gasteiger partial charge in [-0.05, 0) is 29.8 Å². The number of aliphatic hydroxyl groups excluding tert-OH is 1. The van der Waals surface area contributed by atoms with E-state index in [1.165, 1.54) is 6.07 Å². The molecule has 0 fully saturated rings. The molecular weight excluding hydrogens is 343 g/mol. The van der Waals surface area contributed by atoms with E-state index >= 15 is 0 Å². The van der Waals surface area contributed by atoms with Crippen LogP contribution in [0.3, 0.4) is 0 Å². The topological polar surface area (TPSA) is 52.5 Å². The second kappa shape index (κ2) is 7.06. The first-order valence-corrected chi connectivity index (χ1v) is 8.81. The normalized spacial score (nSPS) is 16.4. The first-order chi connectivity index (χ1) is 13.0. The van der Waals surface area contributed by atoms with E-state index in [1.54, 1.807) is 24.5 Å². The number of fused-ring (bicyclic) bond motifs is 1. The molecule has 0 radical (unpaired) electrons. The Morgan fingerprint density at radius 2 is 1.96 bits per heavy atom. The Balaban J connectivity index is 1.53. The molecule has 0 saturated carbocycles. The lowest BCUT2D eigenvalue weighted by Gasteiger charge is -2.20. The maximum atomic E-state index is 14.7. The second-order valence-electron chi connectivity index (χ2n) is 6.92. The lowest BCUT2D eigenvalue weighted by atomic mass is 10.0. The molecule has 1 aliphatic heterocycles. The van der Waals surface area contributed by atoms with Crippen LogP contribution >= 0.6 is 0 Å². The summed E-state index contributed by atoms with van der Waals surface area (Å²) in [4.78, 5) is 12.4. The SMILES string of the molecule is CN(C)c1ccc(-c2ccc(CN3Cc4ncccc4C3O)c(F)c2)cn1. The van der Waals surface area contributed by atoms with Crippen LogP contribution in [0.15, 0.2) is 54.9 Å². The van der Waals surface area contributed by atoms with E-state index in [0.29, 0.717) is 18.7 Å². The molecule has 0 aliphatic carbocycles. The van der Waals surface area contributed by atoms with Crippen LogP contribution in [0.5, 0.6) is 0 Å². The zero-order valence-corrected chi connectivity index (χ0v) is 15.3. The lowest BCUT2D eigenvalue weighted by Crippen LogP contribution is -2.22. The molecule has 3 aromatic rings. The Morgan fingerprint density at radius 1 is 1.15 bits per heavy atom. The van der Waals surface area contributed by atoms with Gasteiger partial charge in [-0.1, -0.05) is 18.2 Å². The standard InChI is InChI=1S/C21H21FN4O/c1-25(2)20-8-7-15(11-24-20)14-5-6-16(18(22)10-14)12-26-13-19-17(21(26)27)4-3-9-23-19/h3-11,21,27H,12-13H2,1-2H3.